The molecule has 3 aliphatic rings. The van der Waals surface area contributed by atoms with Crippen LogP contribution in [0.4, 0.5) is 5.82 Å². The Morgan fingerprint density at radius 1 is 1.04 bits per heavy atom. The van der Waals surface area contributed by atoms with Crippen LogP contribution in [0.1, 0.15) is 25.7 Å². The Labute approximate surface area is 162 Å². The SMILES string of the molecule is O=S(=O)(c1ccc(N2CCCC(CN3CCOCC3)C2)nc1)N1CCCC1. The van der Waals surface area contributed by atoms with Crippen molar-refractivity contribution < 1.29 is 13.2 Å². The largest absolute Gasteiger partial charge is 0.379 e. The molecule has 0 N–H and O–H groups in total. The van der Waals surface area contributed by atoms with Crippen molar-refractivity contribution >= 4 is 15.8 Å². The Morgan fingerprint density at radius 2 is 1.81 bits per heavy atom. The lowest BCUT2D eigenvalue weighted by molar-refractivity contribution is 0.0296. The molecule has 0 radical (unpaired) electrons. The summed E-state index contributed by atoms with van der Waals surface area (Å²) in [6, 6.07) is 3.60. The molecule has 4 heterocycles. The second kappa shape index (κ2) is 8.43. The monoisotopic (exact) mass is 394 g/mol. The minimum atomic E-state index is -3.38. The van der Waals surface area contributed by atoms with Crippen LogP contribution in [0, 0.1) is 5.92 Å². The van der Waals surface area contributed by atoms with Crippen molar-refractivity contribution in [2.45, 2.75) is 30.6 Å². The van der Waals surface area contributed by atoms with Crippen molar-refractivity contribution in [1.29, 1.82) is 0 Å². The molecule has 150 valence electrons. The van der Waals surface area contributed by atoms with Crippen molar-refractivity contribution in [3.8, 4) is 0 Å². The van der Waals surface area contributed by atoms with Crippen LogP contribution >= 0.6 is 0 Å². The van der Waals surface area contributed by atoms with Gasteiger partial charge in [-0.3, -0.25) is 4.90 Å². The van der Waals surface area contributed by atoms with E-state index >= 15 is 0 Å². The third kappa shape index (κ3) is 4.45. The zero-order chi connectivity index (χ0) is 18.7. The maximum absolute atomic E-state index is 12.7. The van der Waals surface area contributed by atoms with Gasteiger partial charge in [-0.05, 0) is 43.7 Å². The summed E-state index contributed by atoms with van der Waals surface area (Å²) >= 11 is 0. The fourth-order valence-corrected chi connectivity index (χ4v) is 5.82. The van der Waals surface area contributed by atoms with E-state index in [4.69, 9.17) is 4.74 Å². The van der Waals surface area contributed by atoms with Crippen LogP contribution in [0.5, 0.6) is 0 Å². The van der Waals surface area contributed by atoms with Crippen LogP contribution in [-0.2, 0) is 14.8 Å². The lowest BCUT2D eigenvalue weighted by Gasteiger charge is -2.37. The minimum absolute atomic E-state index is 0.315. The van der Waals surface area contributed by atoms with Gasteiger partial charge in [0.25, 0.3) is 0 Å². The highest BCUT2D eigenvalue weighted by Gasteiger charge is 2.28. The highest BCUT2D eigenvalue weighted by molar-refractivity contribution is 7.89. The standard InChI is InChI=1S/C19H30N4O3S/c24-27(25,23-8-1-2-9-23)18-5-6-19(20-14-18)22-7-3-4-17(16-22)15-21-10-12-26-13-11-21/h5-6,14,17H,1-4,7-13,15-16H2. The second-order valence-electron chi connectivity index (χ2n) is 7.83. The second-order valence-corrected chi connectivity index (χ2v) is 9.77. The van der Waals surface area contributed by atoms with E-state index in [1.807, 2.05) is 6.07 Å². The molecular formula is C19H30N4O3S. The fraction of sp³-hybridized carbons (Fsp3) is 0.737. The molecule has 0 bridgehead atoms. The molecule has 0 saturated carbocycles. The molecular weight excluding hydrogens is 364 g/mol. The van der Waals surface area contributed by atoms with Crippen LogP contribution in [0.25, 0.3) is 0 Å². The summed E-state index contributed by atoms with van der Waals surface area (Å²) in [4.78, 5) is 9.63. The van der Waals surface area contributed by atoms with Crippen molar-refractivity contribution in [1.82, 2.24) is 14.2 Å². The molecule has 7 nitrogen and oxygen atoms in total. The first kappa shape index (κ1) is 19.1. The van der Waals surface area contributed by atoms with Crippen molar-refractivity contribution in [3.05, 3.63) is 18.3 Å². The van der Waals surface area contributed by atoms with E-state index in [-0.39, 0.29) is 0 Å². The Balaban J connectivity index is 1.39. The molecule has 3 saturated heterocycles. The number of hydrogen-bond donors (Lipinski definition) is 0. The molecule has 4 rings (SSSR count). The molecule has 8 heteroatoms. The summed E-state index contributed by atoms with van der Waals surface area (Å²) in [5.74, 6) is 1.52. The van der Waals surface area contributed by atoms with Gasteiger partial charge in [-0.25, -0.2) is 13.4 Å². The average molecular weight is 395 g/mol. The third-order valence-electron chi connectivity index (χ3n) is 5.89. The van der Waals surface area contributed by atoms with Gasteiger partial charge in [-0.2, -0.15) is 4.31 Å². The number of anilines is 1. The van der Waals surface area contributed by atoms with E-state index in [2.05, 4.69) is 14.8 Å². The molecule has 0 spiro atoms. The van der Waals surface area contributed by atoms with Crippen molar-refractivity contribution in [2.75, 3.05) is 63.9 Å². The summed E-state index contributed by atoms with van der Waals surface area (Å²) in [5, 5.41) is 0. The van der Waals surface area contributed by atoms with Crippen LogP contribution in [0.2, 0.25) is 0 Å². The van der Waals surface area contributed by atoms with E-state index in [1.165, 1.54) is 12.6 Å². The first-order chi connectivity index (χ1) is 13.1. The fourth-order valence-electron chi connectivity index (χ4n) is 4.36. The Kier molecular flexibility index (Phi) is 5.96. The van der Waals surface area contributed by atoms with Crippen LogP contribution < -0.4 is 4.90 Å². The summed E-state index contributed by atoms with van der Waals surface area (Å²) < 4.78 is 32.3. The molecule has 1 aromatic heterocycles. The zero-order valence-corrected chi connectivity index (χ0v) is 16.7. The maximum atomic E-state index is 12.7. The van der Waals surface area contributed by atoms with Crippen LogP contribution in [0.3, 0.4) is 0 Å². The van der Waals surface area contributed by atoms with Gasteiger partial charge in [0, 0.05) is 52.0 Å². The number of aromatic nitrogens is 1. The number of hydrogen-bond acceptors (Lipinski definition) is 6. The number of rotatable bonds is 5. The Hall–Kier alpha value is -1.22. The lowest BCUT2D eigenvalue weighted by Crippen LogP contribution is -2.44. The Bertz CT molecular complexity index is 713. The zero-order valence-electron chi connectivity index (χ0n) is 15.9. The normalized spacial score (nSPS) is 25.8. The molecule has 3 fully saturated rings. The lowest BCUT2D eigenvalue weighted by atomic mass is 9.97. The van der Waals surface area contributed by atoms with Gasteiger partial charge in [0.15, 0.2) is 0 Å². The molecule has 0 aliphatic carbocycles. The van der Waals surface area contributed by atoms with Crippen molar-refractivity contribution in [2.24, 2.45) is 5.92 Å². The number of morpholine rings is 1. The highest BCUT2D eigenvalue weighted by Crippen LogP contribution is 2.25. The minimum Gasteiger partial charge on any atom is -0.379 e. The van der Waals surface area contributed by atoms with E-state index < -0.39 is 10.0 Å². The van der Waals surface area contributed by atoms with E-state index in [1.54, 1.807) is 10.4 Å². The van der Waals surface area contributed by atoms with E-state index in [9.17, 15) is 8.42 Å². The van der Waals surface area contributed by atoms with Crippen LogP contribution in [0.15, 0.2) is 23.2 Å². The number of ether oxygens (including phenoxy) is 1. The molecule has 27 heavy (non-hydrogen) atoms. The van der Waals surface area contributed by atoms with Gasteiger partial charge in [0.05, 0.1) is 13.2 Å². The maximum Gasteiger partial charge on any atom is 0.244 e. The first-order valence-electron chi connectivity index (χ1n) is 10.1. The van der Waals surface area contributed by atoms with Crippen LogP contribution in [-0.4, -0.2) is 81.6 Å². The Morgan fingerprint density at radius 3 is 2.52 bits per heavy atom. The van der Waals surface area contributed by atoms with Gasteiger partial charge in [0.1, 0.15) is 10.7 Å². The smallest absolute Gasteiger partial charge is 0.244 e. The van der Waals surface area contributed by atoms with Crippen molar-refractivity contribution in [3.63, 3.8) is 0 Å². The predicted molar refractivity (Wildman–Crippen MR) is 104 cm³/mol. The number of nitrogens with zero attached hydrogens (tertiary/aromatic N) is 4. The summed E-state index contributed by atoms with van der Waals surface area (Å²) in [6.45, 7) is 8.07. The van der Waals surface area contributed by atoms with Gasteiger partial charge in [-0.1, -0.05) is 0 Å². The topological polar surface area (TPSA) is 66.0 Å². The first-order valence-corrected chi connectivity index (χ1v) is 11.6. The molecule has 3 aliphatic heterocycles. The summed E-state index contributed by atoms with van der Waals surface area (Å²) in [6.07, 6.45) is 5.83. The number of piperidine rings is 1. The quantitative estimate of drug-likeness (QED) is 0.752. The summed E-state index contributed by atoms with van der Waals surface area (Å²) in [7, 11) is -3.38. The number of sulfonamides is 1. The molecule has 1 unspecified atom stereocenters. The molecule has 1 aromatic rings. The summed E-state index contributed by atoms with van der Waals surface area (Å²) in [5.41, 5.74) is 0. The average Bonchev–Trinajstić information content (AvgIpc) is 3.25. The van der Waals surface area contributed by atoms with Gasteiger partial charge in [-0.15, -0.1) is 0 Å². The predicted octanol–water partition coefficient (Wildman–Crippen LogP) is 1.41. The van der Waals surface area contributed by atoms with Gasteiger partial charge in [0.2, 0.25) is 10.0 Å². The molecule has 0 aromatic carbocycles. The van der Waals surface area contributed by atoms with Gasteiger partial charge >= 0.3 is 0 Å². The van der Waals surface area contributed by atoms with E-state index in [0.29, 0.717) is 23.9 Å². The molecule has 0 amide bonds. The van der Waals surface area contributed by atoms with Gasteiger partial charge < -0.3 is 9.64 Å². The molecule has 1 atom stereocenters. The third-order valence-corrected chi connectivity index (χ3v) is 7.77. The highest BCUT2D eigenvalue weighted by atomic mass is 32.2. The van der Waals surface area contributed by atoms with E-state index in [0.717, 1.165) is 71.0 Å². The number of pyridine rings is 1.